The van der Waals surface area contributed by atoms with E-state index in [1.165, 1.54) is 0 Å². The van der Waals surface area contributed by atoms with E-state index in [4.69, 9.17) is 18.9 Å². The number of halogens is 1. The molecule has 7 nitrogen and oxygen atoms in total. The lowest BCUT2D eigenvalue weighted by Crippen LogP contribution is -2.36. The van der Waals surface area contributed by atoms with Gasteiger partial charge in [0.25, 0.3) is 0 Å². The Morgan fingerprint density at radius 1 is 1.11 bits per heavy atom. The Balaban J connectivity index is 1.59. The number of rotatable bonds is 6. The van der Waals surface area contributed by atoms with Crippen molar-refractivity contribution in [2.45, 2.75) is 31.6 Å². The summed E-state index contributed by atoms with van der Waals surface area (Å²) >= 11 is 3.65. The highest BCUT2D eigenvalue weighted by Crippen LogP contribution is 2.49. The van der Waals surface area contributed by atoms with E-state index in [1.807, 2.05) is 37.3 Å². The molecule has 0 aromatic heterocycles. The number of benzene rings is 2. The van der Waals surface area contributed by atoms with Gasteiger partial charge < -0.3 is 24.3 Å². The quantitative estimate of drug-likeness (QED) is 0.419. The lowest BCUT2D eigenvalue weighted by atomic mass is 9.71. The second-order valence-electron chi connectivity index (χ2n) is 8.78. The monoisotopic (exact) mass is 539 g/mol. The number of nitrogens with one attached hydrogen (secondary N) is 1. The Kier molecular flexibility index (Phi) is 6.67. The van der Waals surface area contributed by atoms with Gasteiger partial charge in [-0.25, -0.2) is 4.79 Å². The molecular weight excluding hydrogens is 514 g/mol. The molecule has 2 atom stereocenters. The summed E-state index contributed by atoms with van der Waals surface area (Å²) in [7, 11) is 1.55. The molecule has 0 fully saturated rings. The van der Waals surface area contributed by atoms with Crippen molar-refractivity contribution in [1.82, 2.24) is 5.32 Å². The second-order valence-corrected chi connectivity index (χ2v) is 9.64. The van der Waals surface area contributed by atoms with Crippen molar-refractivity contribution in [3.8, 4) is 11.5 Å². The third-order valence-corrected chi connectivity index (χ3v) is 7.33. The first-order valence-electron chi connectivity index (χ1n) is 11.5. The zero-order chi connectivity index (χ0) is 24.5. The molecule has 0 saturated heterocycles. The molecule has 3 aliphatic rings. The van der Waals surface area contributed by atoms with E-state index >= 15 is 0 Å². The number of carbonyl (C=O) groups excluding carboxylic acids is 2. The van der Waals surface area contributed by atoms with Crippen LogP contribution in [0.4, 0.5) is 0 Å². The first kappa shape index (κ1) is 23.6. The van der Waals surface area contributed by atoms with Crippen LogP contribution in [-0.4, -0.2) is 38.9 Å². The summed E-state index contributed by atoms with van der Waals surface area (Å²) < 4.78 is 22.4. The molecule has 2 aromatic carbocycles. The lowest BCUT2D eigenvalue weighted by molar-refractivity contribution is -0.140. The molecule has 8 heteroatoms. The van der Waals surface area contributed by atoms with Crippen LogP contribution in [0.3, 0.4) is 0 Å². The molecule has 182 valence electrons. The van der Waals surface area contributed by atoms with Gasteiger partial charge >= 0.3 is 5.97 Å². The molecular formula is C27H26BrNO6. The largest absolute Gasteiger partial charge is 0.460 e. The Labute approximate surface area is 212 Å². The van der Waals surface area contributed by atoms with Crippen molar-refractivity contribution in [3.05, 3.63) is 80.6 Å². The average molecular weight is 540 g/mol. The molecule has 1 N–H and O–H groups in total. The van der Waals surface area contributed by atoms with Gasteiger partial charge in [-0.2, -0.15) is 0 Å². The predicted molar refractivity (Wildman–Crippen MR) is 132 cm³/mol. The highest BCUT2D eigenvalue weighted by Gasteiger charge is 2.42. The summed E-state index contributed by atoms with van der Waals surface area (Å²) in [6.07, 6.45) is 1.04. The summed E-state index contributed by atoms with van der Waals surface area (Å²) in [5.74, 6) is 0.197. The average Bonchev–Trinajstić information content (AvgIpc) is 3.30. The number of dihydropyridines is 1. The topological polar surface area (TPSA) is 83.1 Å². The standard InChI is InChI=1S/C27H26BrNO6/c1-15-24(27(31)33-9-8-32-2)25(18-12-22-23(13-19(18)28)35-14-34-22)26-20(29-15)10-17(11-21(26)30)16-6-4-3-5-7-16/h3-7,12-13,17,25,29H,8-11,14H2,1-2H3/t17-,25-/m0/s1. The fourth-order valence-corrected chi connectivity index (χ4v) is 5.58. The van der Waals surface area contributed by atoms with Crippen LogP contribution in [0.15, 0.2) is 69.5 Å². The molecule has 0 amide bonds. The lowest BCUT2D eigenvalue weighted by Gasteiger charge is -2.37. The van der Waals surface area contributed by atoms with Crippen LogP contribution in [0.25, 0.3) is 0 Å². The van der Waals surface area contributed by atoms with Crippen LogP contribution in [0, 0.1) is 0 Å². The van der Waals surface area contributed by atoms with Crippen LogP contribution in [0.1, 0.15) is 42.7 Å². The van der Waals surface area contributed by atoms with Gasteiger partial charge in [0.15, 0.2) is 17.3 Å². The summed E-state index contributed by atoms with van der Waals surface area (Å²) in [5.41, 5.74) is 4.40. The van der Waals surface area contributed by atoms with Crippen molar-refractivity contribution >= 4 is 27.7 Å². The number of hydrogen-bond donors (Lipinski definition) is 1. The summed E-state index contributed by atoms with van der Waals surface area (Å²) in [4.78, 5) is 27.0. The minimum absolute atomic E-state index is 0.0110. The van der Waals surface area contributed by atoms with Crippen LogP contribution < -0.4 is 14.8 Å². The number of allylic oxidation sites excluding steroid dienone is 3. The van der Waals surface area contributed by atoms with Gasteiger partial charge in [-0.05, 0) is 42.5 Å². The number of ketones is 1. The molecule has 2 aromatic rings. The molecule has 0 bridgehead atoms. The zero-order valence-corrected chi connectivity index (χ0v) is 21.1. The fraction of sp³-hybridized carbons (Fsp3) is 0.333. The van der Waals surface area contributed by atoms with E-state index in [-0.39, 0.29) is 31.7 Å². The van der Waals surface area contributed by atoms with E-state index in [2.05, 4.69) is 33.4 Å². The Morgan fingerprint density at radius 2 is 1.86 bits per heavy atom. The minimum atomic E-state index is -0.602. The van der Waals surface area contributed by atoms with E-state index in [0.29, 0.717) is 41.2 Å². The SMILES string of the molecule is COCCOC(=O)C1=C(C)NC2=C(C(=O)C[C@@H](c3ccccc3)C2)[C@H]1c1cc2c(cc1Br)OCO2. The highest BCUT2D eigenvalue weighted by atomic mass is 79.9. The molecule has 0 unspecified atom stereocenters. The summed E-state index contributed by atoms with van der Waals surface area (Å²) in [6.45, 7) is 2.39. The maximum absolute atomic E-state index is 13.7. The van der Waals surface area contributed by atoms with E-state index < -0.39 is 11.9 Å². The molecule has 1 aliphatic carbocycles. The van der Waals surface area contributed by atoms with Gasteiger partial charge in [-0.1, -0.05) is 46.3 Å². The van der Waals surface area contributed by atoms with Crippen LogP contribution in [0.2, 0.25) is 0 Å². The van der Waals surface area contributed by atoms with Gasteiger partial charge in [0.05, 0.1) is 12.2 Å². The number of ether oxygens (including phenoxy) is 4. The Bertz CT molecular complexity index is 1240. The first-order chi connectivity index (χ1) is 17.0. The molecule has 35 heavy (non-hydrogen) atoms. The van der Waals surface area contributed by atoms with Gasteiger partial charge in [-0.15, -0.1) is 0 Å². The van der Waals surface area contributed by atoms with Crippen LogP contribution in [-0.2, 0) is 19.1 Å². The van der Waals surface area contributed by atoms with Crippen molar-refractivity contribution in [1.29, 1.82) is 0 Å². The number of methoxy groups -OCH3 is 1. The second kappa shape index (κ2) is 9.87. The van der Waals surface area contributed by atoms with Crippen molar-refractivity contribution in [3.63, 3.8) is 0 Å². The number of carbonyl (C=O) groups is 2. The minimum Gasteiger partial charge on any atom is -0.460 e. The van der Waals surface area contributed by atoms with Crippen molar-refractivity contribution in [2.24, 2.45) is 0 Å². The maximum Gasteiger partial charge on any atom is 0.336 e. The Hall–Kier alpha value is -3.10. The summed E-state index contributed by atoms with van der Waals surface area (Å²) in [6, 6.07) is 13.7. The van der Waals surface area contributed by atoms with E-state index in [9.17, 15) is 9.59 Å². The number of fused-ring (bicyclic) bond motifs is 1. The summed E-state index contributed by atoms with van der Waals surface area (Å²) in [5, 5.41) is 3.38. The molecule has 0 radical (unpaired) electrons. The van der Waals surface area contributed by atoms with Crippen LogP contribution >= 0.6 is 15.9 Å². The van der Waals surface area contributed by atoms with E-state index in [1.54, 1.807) is 7.11 Å². The zero-order valence-electron chi connectivity index (χ0n) is 19.6. The van der Waals surface area contributed by atoms with Gasteiger partial charge in [-0.3, -0.25) is 4.79 Å². The van der Waals surface area contributed by atoms with Crippen molar-refractivity contribution in [2.75, 3.05) is 27.1 Å². The highest BCUT2D eigenvalue weighted by molar-refractivity contribution is 9.10. The first-order valence-corrected chi connectivity index (χ1v) is 12.3. The maximum atomic E-state index is 13.7. The number of esters is 1. The molecule has 5 rings (SSSR count). The third-order valence-electron chi connectivity index (χ3n) is 6.64. The third kappa shape index (κ3) is 4.48. The van der Waals surface area contributed by atoms with E-state index in [0.717, 1.165) is 21.3 Å². The van der Waals surface area contributed by atoms with Crippen molar-refractivity contribution < 1.29 is 28.5 Å². The van der Waals surface area contributed by atoms with Gasteiger partial charge in [0.2, 0.25) is 6.79 Å². The molecule has 2 aliphatic heterocycles. The molecule has 2 heterocycles. The van der Waals surface area contributed by atoms with Crippen LogP contribution in [0.5, 0.6) is 11.5 Å². The normalized spacial score (nSPS) is 21.1. The molecule has 0 spiro atoms. The predicted octanol–water partition coefficient (Wildman–Crippen LogP) is 4.73. The number of hydrogen-bond acceptors (Lipinski definition) is 7. The fourth-order valence-electron chi connectivity index (χ4n) is 5.03. The Morgan fingerprint density at radius 3 is 2.60 bits per heavy atom. The number of Topliss-reactive ketones (excluding diaryl/α,β-unsaturated/α-hetero) is 1. The van der Waals surface area contributed by atoms with Gasteiger partial charge in [0, 0.05) is 40.9 Å². The molecule has 0 saturated carbocycles. The smallest absolute Gasteiger partial charge is 0.336 e. The van der Waals surface area contributed by atoms with Gasteiger partial charge in [0.1, 0.15) is 6.61 Å².